The molecule has 0 unspecified atom stereocenters. The molecule has 2 heteroatoms. The van der Waals surface area contributed by atoms with Crippen LogP contribution < -0.4 is 0 Å². The summed E-state index contributed by atoms with van der Waals surface area (Å²) in [6.45, 7) is 4.39. The normalized spacial score (nSPS) is 11.8. The predicted molar refractivity (Wildman–Crippen MR) is 68.9 cm³/mol. The number of nitrogens with zero attached hydrogens (tertiary/aromatic N) is 2. The molecule has 2 aromatic heterocycles. The standard InChI is InChI=1S/C14H16N2/c1-9-10(2)15(3)14-11-7-5-6-8-12(11)16(4)13(9)14/h5-8H,1-4H3. The van der Waals surface area contributed by atoms with Crippen molar-refractivity contribution in [3.63, 3.8) is 0 Å². The van der Waals surface area contributed by atoms with E-state index in [9.17, 15) is 0 Å². The molecule has 0 radical (unpaired) electrons. The monoisotopic (exact) mass is 212 g/mol. The molecule has 3 rings (SSSR count). The van der Waals surface area contributed by atoms with Crippen LogP contribution in [0.2, 0.25) is 0 Å². The molecule has 0 N–H and O–H groups in total. The lowest BCUT2D eigenvalue weighted by atomic mass is 10.2. The second-order valence-electron chi connectivity index (χ2n) is 4.54. The summed E-state index contributed by atoms with van der Waals surface area (Å²) >= 11 is 0. The zero-order chi connectivity index (χ0) is 11.4. The van der Waals surface area contributed by atoms with E-state index in [4.69, 9.17) is 0 Å². The summed E-state index contributed by atoms with van der Waals surface area (Å²) < 4.78 is 4.60. The highest BCUT2D eigenvalue weighted by Gasteiger charge is 2.15. The molecular weight excluding hydrogens is 196 g/mol. The summed E-state index contributed by atoms with van der Waals surface area (Å²) in [5, 5.41) is 1.35. The largest absolute Gasteiger partial charge is 0.346 e. The second-order valence-corrected chi connectivity index (χ2v) is 4.54. The number of aryl methyl sites for hydroxylation is 3. The first-order valence-electron chi connectivity index (χ1n) is 5.62. The summed E-state index contributed by atoms with van der Waals surface area (Å²) in [6.07, 6.45) is 0. The summed E-state index contributed by atoms with van der Waals surface area (Å²) in [6, 6.07) is 8.60. The maximum atomic E-state index is 2.30. The molecular formula is C14H16N2. The van der Waals surface area contributed by atoms with Gasteiger partial charge in [-0.25, -0.2) is 0 Å². The van der Waals surface area contributed by atoms with Gasteiger partial charge in [-0.2, -0.15) is 0 Å². The fraction of sp³-hybridized carbons (Fsp3) is 0.286. The van der Waals surface area contributed by atoms with Crippen molar-refractivity contribution in [2.75, 3.05) is 0 Å². The molecule has 0 saturated carbocycles. The molecule has 0 aliphatic heterocycles. The lowest BCUT2D eigenvalue weighted by Crippen LogP contribution is -1.91. The van der Waals surface area contributed by atoms with Gasteiger partial charge >= 0.3 is 0 Å². The van der Waals surface area contributed by atoms with Crippen LogP contribution in [0, 0.1) is 13.8 Å². The molecule has 16 heavy (non-hydrogen) atoms. The van der Waals surface area contributed by atoms with Gasteiger partial charge in [0.2, 0.25) is 0 Å². The smallest absolute Gasteiger partial charge is 0.0745 e. The zero-order valence-corrected chi connectivity index (χ0v) is 10.2. The van der Waals surface area contributed by atoms with Crippen LogP contribution in [0.3, 0.4) is 0 Å². The van der Waals surface area contributed by atoms with Gasteiger partial charge in [-0.15, -0.1) is 0 Å². The van der Waals surface area contributed by atoms with E-state index < -0.39 is 0 Å². The molecule has 0 fully saturated rings. The molecule has 0 saturated heterocycles. The van der Waals surface area contributed by atoms with Gasteiger partial charge in [0.1, 0.15) is 0 Å². The van der Waals surface area contributed by atoms with E-state index in [-0.39, 0.29) is 0 Å². The van der Waals surface area contributed by atoms with Gasteiger partial charge in [-0.1, -0.05) is 18.2 Å². The average Bonchev–Trinajstić information content (AvgIpc) is 2.71. The van der Waals surface area contributed by atoms with E-state index in [1.54, 1.807) is 0 Å². The fourth-order valence-corrected chi connectivity index (χ4v) is 2.73. The lowest BCUT2D eigenvalue weighted by Gasteiger charge is -2.01. The average molecular weight is 212 g/mol. The third-order valence-electron chi connectivity index (χ3n) is 3.82. The number of benzene rings is 1. The molecule has 0 amide bonds. The molecule has 0 aliphatic carbocycles. The molecule has 0 aliphatic rings. The molecule has 1 aromatic carbocycles. The van der Waals surface area contributed by atoms with E-state index in [0.717, 1.165) is 0 Å². The van der Waals surface area contributed by atoms with Gasteiger partial charge in [-0.3, -0.25) is 0 Å². The minimum Gasteiger partial charge on any atom is -0.346 e. The number of hydrogen-bond acceptors (Lipinski definition) is 0. The first kappa shape index (κ1) is 9.52. The van der Waals surface area contributed by atoms with Crippen LogP contribution in [0.5, 0.6) is 0 Å². The zero-order valence-electron chi connectivity index (χ0n) is 10.2. The molecule has 0 bridgehead atoms. The molecule has 0 spiro atoms. The highest BCUT2D eigenvalue weighted by Crippen LogP contribution is 2.32. The van der Waals surface area contributed by atoms with E-state index >= 15 is 0 Å². The van der Waals surface area contributed by atoms with Crippen molar-refractivity contribution in [1.29, 1.82) is 0 Å². The Balaban J connectivity index is 2.71. The Bertz CT molecular complexity index is 698. The number of hydrogen-bond donors (Lipinski definition) is 0. The molecule has 3 aromatic rings. The van der Waals surface area contributed by atoms with Crippen LogP contribution >= 0.6 is 0 Å². The Morgan fingerprint density at radius 2 is 1.56 bits per heavy atom. The number of para-hydroxylation sites is 1. The Kier molecular flexibility index (Phi) is 1.73. The van der Waals surface area contributed by atoms with Crippen molar-refractivity contribution >= 4 is 21.9 Å². The summed E-state index contributed by atoms with van der Waals surface area (Å²) in [4.78, 5) is 0. The van der Waals surface area contributed by atoms with E-state index in [2.05, 4.69) is 61.3 Å². The second kappa shape index (κ2) is 2.91. The van der Waals surface area contributed by atoms with Crippen molar-refractivity contribution < 1.29 is 0 Å². The van der Waals surface area contributed by atoms with E-state index in [1.165, 1.54) is 33.2 Å². The first-order chi connectivity index (χ1) is 7.63. The van der Waals surface area contributed by atoms with Crippen LogP contribution in [0.4, 0.5) is 0 Å². The van der Waals surface area contributed by atoms with Crippen molar-refractivity contribution in [2.45, 2.75) is 13.8 Å². The van der Waals surface area contributed by atoms with Gasteiger partial charge in [0.05, 0.1) is 16.6 Å². The van der Waals surface area contributed by atoms with Crippen LogP contribution in [-0.2, 0) is 14.1 Å². The van der Waals surface area contributed by atoms with Crippen molar-refractivity contribution in [3.8, 4) is 0 Å². The van der Waals surface area contributed by atoms with Crippen LogP contribution in [0.25, 0.3) is 21.9 Å². The Hall–Kier alpha value is -1.70. The quantitative estimate of drug-likeness (QED) is 0.541. The number of fused-ring (bicyclic) bond motifs is 3. The van der Waals surface area contributed by atoms with Gasteiger partial charge in [0, 0.05) is 25.2 Å². The summed E-state index contributed by atoms with van der Waals surface area (Å²) in [7, 11) is 4.30. The molecule has 82 valence electrons. The van der Waals surface area contributed by atoms with Gasteiger partial charge in [0.25, 0.3) is 0 Å². The molecule has 2 nitrogen and oxygen atoms in total. The lowest BCUT2D eigenvalue weighted by molar-refractivity contribution is 0.913. The van der Waals surface area contributed by atoms with Gasteiger partial charge in [-0.05, 0) is 25.5 Å². The number of aromatic nitrogens is 2. The van der Waals surface area contributed by atoms with Crippen LogP contribution in [-0.4, -0.2) is 9.13 Å². The molecule has 0 atom stereocenters. The van der Waals surface area contributed by atoms with Crippen molar-refractivity contribution in [3.05, 3.63) is 35.5 Å². The van der Waals surface area contributed by atoms with Crippen molar-refractivity contribution in [2.24, 2.45) is 14.1 Å². The predicted octanol–water partition coefficient (Wildman–Crippen LogP) is 3.29. The summed E-state index contributed by atoms with van der Waals surface area (Å²) in [5.74, 6) is 0. The van der Waals surface area contributed by atoms with Crippen LogP contribution in [0.15, 0.2) is 24.3 Å². The third-order valence-corrected chi connectivity index (χ3v) is 3.82. The summed E-state index contributed by atoms with van der Waals surface area (Å²) in [5.41, 5.74) is 6.77. The maximum Gasteiger partial charge on any atom is 0.0745 e. The van der Waals surface area contributed by atoms with E-state index in [0.29, 0.717) is 0 Å². The molecule has 2 heterocycles. The third kappa shape index (κ3) is 0.921. The van der Waals surface area contributed by atoms with Crippen LogP contribution in [0.1, 0.15) is 11.3 Å². The van der Waals surface area contributed by atoms with Gasteiger partial charge in [0.15, 0.2) is 0 Å². The maximum absolute atomic E-state index is 2.30. The highest BCUT2D eigenvalue weighted by molar-refractivity contribution is 6.08. The first-order valence-corrected chi connectivity index (χ1v) is 5.62. The van der Waals surface area contributed by atoms with E-state index in [1.807, 2.05) is 0 Å². The highest BCUT2D eigenvalue weighted by atomic mass is 15.0. The minimum atomic E-state index is 1.31. The topological polar surface area (TPSA) is 9.86 Å². The van der Waals surface area contributed by atoms with Crippen molar-refractivity contribution in [1.82, 2.24) is 9.13 Å². The Labute approximate surface area is 95.1 Å². The minimum absolute atomic E-state index is 1.31. The Morgan fingerprint density at radius 1 is 0.875 bits per heavy atom. The Morgan fingerprint density at radius 3 is 2.31 bits per heavy atom. The number of rotatable bonds is 0. The fourth-order valence-electron chi connectivity index (χ4n) is 2.73. The van der Waals surface area contributed by atoms with Gasteiger partial charge < -0.3 is 9.13 Å². The SMILES string of the molecule is Cc1c(C)n(C)c2c3ccccc3n(C)c12.